The Labute approximate surface area is 121 Å². The molecule has 2 rings (SSSR count). The fourth-order valence-electron chi connectivity index (χ4n) is 1.58. The zero-order valence-electron chi connectivity index (χ0n) is 10.3. The Morgan fingerprint density at radius 3 is 2.47 bits per heavy atom. The molecule has 1 N–H and O–H groups in total. The summed E-state index contributed by atoms with van der Waals surface area (Å²) >= 11 is 3.32. The number of halogens is 1. The van der Waals surface area contributed by atoms with Crippen molar-refractivity contribution >= 4 is 31.6 Å². The molecular weight excluding hydrogens is 328 g/mol. The quantitative estimate of drug-likeness (QED) is 0.870. The molecule has 0 aliphatic heterocycles. The minimum atomic E-state index is -3.55. The van der Waals surface area contributed by atoms with Crippen LogP contribution in [0.25, 0.3) is 0 Å². The summed E-state index contributed by atoms with van der Waals surface area (Å²) in [5.74, 6) is 0. The van der Waals surface area contributed by atoms with Crippen molar-refractivity contribution in [3.63, 3.8) is 0 Å². The van der Waals surface area contributed by atoms with Gasteiger partial charge in [0.05, 0.1) is 10.6 Å². The first-order valence-electron chi connectivity index (χ1n) is 5.61. The number of hydrogen-bond donors (Lipinski definition) is 1. The van der Waals surface area contributed by atoms with E-state index < -0.39 is 10.0 Å². The molecule has 0 unspecified atom stereocenters. The first kappa shape index (κ1) is 14.0. The summed E-state index contributed by atoms with van der Waals surface area (Å²) in [6, 6.07) is 10.0. The average molecular weight is 341 g/mol. The average Bonchev–Trinajstić information content (AvgIpc) is 2.38. The minimum absolute atomic E-state index is 0.242. The van der Waals surface area contributed by atoms with Gasteiger partial charge in [0.2, 0.25) is 0 Å². The molecule has 0 radical (unpaired) electrons. The molecule has 1 aromatic carbocycles. The number of alkyl halides is 1. The Morgan fingerprint density at radius 1 is 1.21 bits per heavy atom. The van der Waals surface area contributed by atoms with Crippen molar-refractivity contribution in [3.05, 3.63) is 53.9 Å². The number of hydrogen-bond acceptors (Lipinski definition) is 3. The van der Waals surface area contributed by atoms with E-state index in [-0.39, 0.29) is 4.90 Å². The van der Waals surface area contributed by atoms with Gasteiger partial charge in [0.25, 0.3) is 10.0 Å². The van der Waals surface area contributed by atoms with Gasteiger partial charge in [-0.05, 0) is 36.8 Å². The Balaban J connectivity index is 2.27. The van der Waals surface area contributed by atoms with Crippen LogP contribution in [-0.4, -0.2) is 13.4 Å². The SMILES string of the molecule is Cc1cc(NS(=O)(=O)c2ccc(CBr)cc2)ccn1. The second-order valence-corrected chi connectivity index (χ2v) is 6.31. The van der Waals surface area contributed by atoms with E-state index in [4.69, 9.17) is 0 Å². The Hall–Kier alpha value is -1.40. The van der Waals surface area contributed by atoms with Gasteiger partial charge in [-0.2, -0.15) is 0 Å². The fourth-order valence-corrected chi connectivity index (χ4v) is 3.00. The van der Waals surface area contributed by atoms with Gasteiger partial charge in [0, 0.05) is 17.2 Å². The number of pyridine rings is 1. The maximum Gasteiger partial charge on any atom is 0.261 e. The van der Waals surface area contributed by atoms with Crippen LogP contribution in [0.4, 0.5) is 5.69 Å². The normalized spacial score (nSPS) is 11.3. The van der Waals surface area contributed by atoms with E-state index in [1.54, 1.807) is 42.6 Å². The highest BCUT2D eigenvalue weighted by Gasteiger charge is 2.13. The third-order valence-electron chi connectivity index (χ3n) is 2.54. The van der Waals surface area contributed by atoms with Gasteiger partial charge in [-0.1, -0.05) is 28.1 Å². The number of anilines is 1. The molecule has 0 bridgehead atoms. The van der Waals surface area contributed by atoms with E-state index in [1.807, 2.05) is 6.92 Å². The lowest BCUT2D eigenvalue weighted by molar-refractivity contribution is 0.601. The molecule has 4 nitrogen and oxygen atoms in total. The van der Waals surface area contributed by atoms with Crippen LogP contribution < -0.4 is 4.72 Å². The van der Waals surface area contributed by atoms with Crippen LogP contribution in [0.5, 0.6) is 0 Å². The number of nitrogens with zero attached hydrogens (tertiary/aromatic N) is 1. The number of aryl methyl sites for hydroxylation is 1. The molecule has 1 heterocycles. The monoisotopic (exact) mass is 340 g/mol. The van der Waals surface area contributed by atoms with Crippen molar-refractivity contribution in [2.24, 2.45) is 0 Å². The van der Waals surface area contributed by atoms with Gasteiger partial charge in [-0.15, -0.1) is 0 Å². The highest BCUT2D eigenvalue weighted by molar-refractivity contribution is 9.08. The summed E-state index contributed by atoms with van der Waals surface area (Å²) in [7, 11) is -3.55. The van der Waals surface area contributed by atoms with Gasteiger partial charge in [-0.25, -0.2) is 8.42 Å². The van der Waals surface area contributed by atoms with E-state index in [1.165, 1.54) is 0 Å². The minimum Gasteiger partial charge on any atom is -0.280 e. The molecule has 19 heavy (non-hydrogen) atoms. The molecule has 0 spiro atoms. The van der Waals surface area contributed by atoms with Crippen LogP contribution in [0.3, 0.4) is 0 Å². The standard InChI is InChI=1S/C13H13BrN2O2S/c1-10-8-12(6-7-15-10)16-19(17,18)13-4-2-11(9-14)3-5-13/h2-8H,9H2,1H3,(H,15,16). The highest BCUT2D eigenvalue weighted by atomic mass is 79.9. The number of sulfonamides is 1. The third kappa shape index (κ3) is 3.54. The highest BCUT2D eigenvalue weighted by Crippen LogP contribution is 2.17. The van der Waals surface area contributed by atoms with Crippen LogP contribution in [0, 0.1) is 6.92 Å². The van der Waals surface area contributed by atoms with Gasteiger partial charge >= 0.3 is 0 Å². The second-order valence-electron chi connectivity index (χ2n) is 4.07. The van der Waals surface area contributed by atoms with Crippen molar-refractivity contribution in [3.8, 4) is 0 Å². The zero-order valence-corrected chi connectivity index (χ0v) is 12.7. The summed E-state index contributed by atoms with van der Waals surface area (Å²) in [6.45, 7) is 1.81. The van der Waals surface area contributed by atoms with Gasteiger partial charge < -0.3 is 0 Å². The predicted octanol–water partition coefficient (Wildman–Crippen LogP) is 3.09. The summed E-state index contributed by atoms with van der Waals surface area (Å²) in [6.07, 6.45) is 1.57. The lowest BCUT2D eigenvalue weighted by atomic mass is 10.2. The van der Waals surface area contributed by atoms with Gasteiger partial charge in [0.1, 0.15) is 0 Å². The van der Waals surface area contributed by atoms with Crippen LogP contribution in [0.1, 0.15) is 11.3 Å². The Bertz CT molecular complexity index is 669. The molecular formula is C13H13BrN2O2S. The van der Waals surface area contributed by atoms with E-state index in [0.717, 1.165) is 11.3 Å². The van der Waals surface area contributed by atoms with Crippen LogP contribution >= 0.6 is 15.9 Å². The van der Waals surface area contributed by atoms with Gasteiger partial charge in [-0.3, -0.25) is 9.71 Å². The summed E-state index contributed by atoms with van der Waals surface area (Å²) in [5.41, 5.74) is 2.30. The zero-order chi connectivity index (χ0) is 13.9. The Morgan fingerprint density at radius 2 is 1.89 bits per heavy atom. The molecule has 6 heteroatoms. The molecule has 100 valence electrons. The molecule has 0 saturated carbocycles. The second kappa shape index (κ2) is 5.71. The first-order valence-corrected chi connectivity index (χ1v) is 8.22. The molecule has 0 aliphatic rings. The molecule has 0 atom stereocenters. The fraction of sp³-hybridized carbons (Fsp3) is 0.154. The summed E-state index contributed by atoms with van der Waals surface area (Å²) in [5, 5.41) is 0.699. The molecule has 2 aromatic rings. The number of rotatable bonds is 4. The smallest absolute Gasteiger partial charge is 0.261 e. The van der Waals surface area contributed by atoms with Crippen molar-refractivity contribution in [2.45, 2.75) is 17.1 Å². The maximum atomic E-state index is 12.2. The van der Waals surface area contributed by atoms with E-state index in [0.29, 0.717) is 11.0 Å². The largest absolute Gasteiger partial charge is 0.280 e. The van der Waals surface area contributed by atoms with Crippen molar-refractivity contribution in [2.75, 3.05) is 4.72 Å². The topological polar surface area (TPSA) is 59.1 Å². The van der Waals surface area contributed by atoms with Gasteiger partial charge in [0.15, 0.2) is 0 Å². The molecule has 0 amide bonds. The lowest BCUT2D eigenvalue weighted by Gasteiger charge is -2.08. The summed E-state index contributed by atoms with van der Waals surface area (Å²) in [4.78, 5) is 4.27. The Kier molecular flexibility index (Phi) is 4.21. The maximum absolute atomic E-state index is 12.2. The molecule has 1 aromatic heterocycles. The molecule has 0 saturated heterocycles. The van der Waals surface area contributed by atoms with Crippen molar-refractivity contribution in [1.29, 1.82) is 0 Å². The van der Waals surface area contributed by atoms with E-state index >= 15 is 0 Å². The molecule has 0 fully saturated rings. The van der Waals surface area contributed by atoms with Crippen LogP contribution in [-0.2, 0) is 15.4 Å². The van der Waals surface area contributed by atoms with Crippen molar-refractivity contribution < 1.29 is 8.42 Å². The van der Waals surface area contributed by atoms with Crippen LogP contribution in [0.2, 0.25) is 0 Å². The summed E-state index contributed by atoms with van der Waals surface area (Å²) < 4.78 is 26.9. The van der Waals surface area contributed by atoms with Crippen molar-refractivity contribution in [1.82, 2.24) is 4.98 Å². The van der Waals surface area contributed by atoms with E-state index in [2.05, 4.69) is 25.6 Å². The third-order valence-corrected chi connectivity index (χ3v) is 4.58. The number of nitrogens with one attached hydrogen (secondary N) is 1. The van der Waals surface area contributed by atoms with Crippen LogP contribution in [0.15, 0.2) is 47.5 Å². The predicted molar refractivity (Wildman–Crippen MR) is 78.9 cm³/mol. The number of benzene rings is 1. The first-order chi connectivity index (χ1) is 9.01. The number of aromatic nitrogens is 1. The van der Waals surface area contributed by atoms with E-state index in [9.17, 15) is 8.42 Å². The lowest BCUT2D eigenvalue weighted by Crippen LogP contribution is -2.13. The molecule has 0 aliphatic carbocycles.